The lowest BCUT2D eigenvalue weighted by atomic mass is 10.2. The topological polar surface area (TPSA) is 46.9 Å². The molecule has 1 fully saturated rings. The number of Topliss-reactive ketones (excluding diaryl/α,β-unsaturated/α-hetero) is 1. The van der Waals surface area contributed by atoms with Gasteiger partial charge in [0.05, 0.1) is 17.5 Å². The smallest absolute Gasteiger partial charge is 0.141 e. The van der Waals surface area contributed by atoms with Crippen LogP contribution >= 0.6 is 0 Å². The van der Waals surface area contributed by atoms with E-state index in [0.29, 0.717) is 18.9 Å². The van der Waals surface area contributed by atoms with Crippen LogP contribution in [0.25, 0.3) is 11.0 Å². The summed E-state index contributed by atoms with van der Waals surface area (Å²) in [4.78, 5) is 16.8. The molecule has 3 rings (SSSR count). The van der Waals surface area contributed by atoms with Gasteiger partial charge in [-0.15, -0.1) is 0 Å². The van der Waals surface area contributed by atoms with Gasteiger partial charge in [-0.05, 0) is 31.4 Å². The van der Waals surface area contributed by atoms with E-state index >= 15 is 0 Å². The van der Waals surface area contributed by atoms with E-state index in [-0.39, 0.29) is 5.78 Å². The molecule has 4 heteroatoms. The molecular formula is C17H23N3O. The number of hydrogen-bond acceptors (Lipinski definition) is 3. The summed E-state index contributed by atoms with van der Waals surface area (Å²) in [7, 11) is 0. The van der Waals surface area contributed by atoms with Crippen LogP contribution in [0.2, 0.25) is 0 Å². The summed E-state index contributed by atoms with van der Waals surface area (Å²) in [6.45, 7) is 3.88. The number of carbonyl (C=O) groups is 1. The molecule has 4 nitrogen and oxygen atoms in total. The molecule has 0 unspecified atom stereocenters. The zero-order valence-corrected chi connectivity index (χ0v) is 12.6. The van der Waals surface area contributed by atoms with Crippen LogP contribution in [-0.2, 0) is 17.8 Å². The predicted molar refractivity (Wildman–Crippen MR) is 84.4 cm³/mol. The minimum atomic E-state index is 0.274. The third kappa shape index (κ3) is 3.50. The molecule has 1 aromatic carbocycles. The van der Waals surface area contributed by atoms with Gasteiger partial charge in [0.25, 0.3) is 0 Å². The number of fused-ring (bicyclic) bond motifs is 1. The summed E-state index contributed by atoms with van der Waals surface area (Å²) >= 11 is 0. The van der Waals surface area contributed by atoms with Crippen LogP contribution in [0.5, 0.6) is 0 Å². The summed E-state index contributed by atoms with van der Waals surface area (Å²) in [6, 6.07) is 8.80. The van der Waals surface area contributed by atoms with Crippen molar-refractivity contribution in [3.05, 3.63) is 30.1 Å². The highest BCUT2D eigenvalue weighted by Crippen LogP contribution is 2.19. The van der Waals surface area contributed by atoms with Crippen LogP contribution < -0.4 is 5.32 Å². The number of benzene rings is 1. The zero-order valence-electron chi connectivity index (χ0n) is 12.6. The van der Waals surface area contributed by atoms with E-state index in [1.807, 2.05) is 18.2 Å². The van der Waals surface area contributed by atoms with E-state index in [1.54, 1.807) is 0 Å². The van der Waals surface area contributed by atoms with Crippen molar-refractivity contribution in [2.24, 2.45) is 0 Å². The Morgan fingerprint density at radius 3 is 2.95 bits per heavy atom. The van der Waals surface area contributed by atoms with Crippen LogP contribution in [0.1, 0.15) is 38.4 Å². The Hall–Kier alpha value is -1.68. The van der Waals surface area contributed by atoms with Gasteiger partial charge in [0.1, 0.15) is 11.6 Å². The molecular weight excluding hydrogens is 262 g/mol. The van der Waals surface area contributed by atoms with E-state index < -0.39 is 0 Å². The van der Waals surface area contributed by atoms with Gasteiger partial charge < -0.3 is 9.88 Å². The Bertz CT molecular complexity index is 628. The monoisotopic (exact) mass is 285 g/mol. The number of aromatic nitrogens is 2. The molecule has 1 aliphatic rings. The van der Waals surface area contributed by atoms with E-state index in [2.05, 4.69) is 27.9 Å². The van der Waals surface area contributed by atoms with Crippen molar-refractivity contribution < 1.29 is 4.79 Å². The van der Waals surface area contributed by atoms with E-state index in [4.69, 9.17) is 0 Å². The van der Waals surface area contributed by atoms with Gasteiger partial charge in [0.2, 0.25) is 0 Å². The molecule has 0 spiro atoms. The van der Waals surface area contributed by atoms with Crippen molar-refractivity contribution in [2.75, 3.05) is 6.54 Å². The maximum atomic E-state index is 12.2. The van der Waals surface area contributed by atoms with Gasteiger partial charge >= 0.3 is 0 Å². The molecule has 0 radical (unpaired) electrons. The molecule has 1 aromatic heterocycles. The second-order valence-electron chi connectivity index (χ2n) is 5.86. The summed E-state index contributed by atoms with van der Waals surface area (Å²) < 4.78 is 2.20. The first kappa shape index (κ1) is 14.3. The Labute approximate surface area is 125 Å². The molecule has 0 saturated heterocycles. The molecule has 21 heavy (non-hydrogen) atoms. The molecule has 1 heterocycles. The maximum absolute atomic E-state index is 12.2. The first-order chi connectivity index (χ1) is 10.3. The zero-order chi connectivity index (χ0) is 14.7. The van der Waals surface area contributed by atoms with Gasteiger partial charge in [-0.3, -0.25) is 4.79 Å². The third-order valence-electron chi connectivity index (χ3n) is 3.95. The molecule has 112 valence electrons. The number of nitrogens with one attached hydrogen (secondary N) is 1. The van der Waals surface area contributed by atoms with Crippen molar-refractivity contribution in [3.63, 3.8) is 0 Å². The van der Waals surface area contributed by atoms with E-state index in [1.165, 1.54) is 12.8 Å². The second-order valence-corrected chi connectivity index (χ2v) is 5.86. The Kier molecular flexibility index (Phi) is 4.34. The fourth-order valence-electron chi connectivity index (χ4n) is 2.70. The standard InChI is InChI=1S/C17H23N3O/c1-2-11-20-16-6-4-3-5-15(16)19-17(20)12-14(21)9-10-18-13-7-8-13/h3-6,13,18H,2,7-12H2,1H3. The quantitative estimate of drug-likeness (QED) is 0.811. The largest absolute Gasteiger partial charge is 0.328 e. The lowest BCUT2D eigenvalue weighted by molar-refractivity contribution is -0.118. The average Bonchev–Trinajstić information content (AvgIpc) is 3.23. The molecule has 0 atom stereocenters. The van der Waals surface area contributed by atoms with E-state index in [9.17, 15) is 4.79 Å². The second kappa shape index (κ2) is 6.39. The minimum Gasteiger partial charge on any atom is -0.328 e. The summed E-state index contributed by atoms with van der Waals surface area (Å²) in [5.41, 5.74) is 2.13. The number of carbonyl (C=O) groups excluding carboxylic acids is 1. The SMILES string of the molecule is CCCn1c(CC(=O)CCNC2CC2)nc2ccccc21. The van der Waals surface area contributed by atoms with Crippen molar-refractivity contribution in [3.8, 4) is 0 Å². The first-order valence-corrected chi connectivity index (χ1v) is 7.97. The highest BCUT2D eigenvalue weighted by molar-refractivity contribution is 5.82. The number of ketones is 1. The number of para-hydroxylation sites is 2. The summed E-state index contributed by atoms with van der Waals surface area (Å²) in [5, 5.41) is 3.39. The van der Waals surface area contributed by atoms with Gasteiger partial charge in [-0.2, -0.15) is 0 Å². The van der Waals surface area contributed by atoms with Gasteiger partial charge in [-0.25, -0.2) is 4.98 Å². The normalized spacial score (nSPS) is 14.7. The molecule has 1 N–H and O–H groups in total. The molecule has 0 aliphatic heterocycles. The Morgan fingerprint density at radius 1 is 1.38 bits per heavy atom. The number of imidazole rings is 1. The third-order valence-corrected chi connectivity index (χ3v) is 3.95. The van der Waals surface area contributed by atoms with Crippen molar-refractivity contribution in [1.82, 2.24) is 14.9 Å². The summed E-state index contributed by atoms with van der Waals surface area (Å²) in [5.74, 6) is 1.19. The molecule has 1 saturated carbocycles. The minimum absolute atomic E-state index is 0.274. The van der Waals surface area contributed by atoms with E-state index in [0.717, 1.165) is 36.4 Å². The number of rotatable bonds is 8. The fourth-order valence-corrected chi connectivity index (χ4v) is 2.70. The van der Waals surface area contributed by atoms with Gasteiger partial charge in [0.15, 0.2) is 0 Å². The van der Waals surface area contributed by atoms with Gasteiger partial charge in [0, 0.05) is 25.6 Å². The van der Waals surface area contributed by atoms with Crippen LogP contribution in [0.4, 0.5) is 0 Å². The predicted octanol–water partition coefficient (Wildman–Crippen LogP) is 2.70. The van der Waals surface area contributed by atoms with Crippen molar-refractivity contribution >= 4 is 16.8 Å². The highest BCUT2D eigenvalue weighted by atomic mass is 16.1. The van der Waals surface area contributed by atoms with Crippen molar-refractivity contribution in [2.45, 2.75) is 51.6 Å². The number of hydrogen-bond donors (Lipinski definition) is 1. The number of aryl methyl sites for hydroxylation is 1. The first-order valence-electron chi connectivity index (χ1n) is 7.97. The van der Waals surface area contributed by atoms with Crippen LogP contribution in [0.15, 0.2) is 24.3 Å². The average molecular weight is 285 g/mol. The molecule has 1 aliphatic carbocycles. The molecule has 0 amide bonds. The fraction of sp³-hybridized carbons (Fsp3) is 0.529. The summed E-state index contributed by atoms with van der Waals surface area (Å²) in [6.07, 6.45) is 4.62. The Balaban J connectivity index is 1.69. The molecule has 2 aromatic rings. The lowest BCUT2D eigenvalue weighted by Gasteiger charge is -2.07. The van der Waals surface area contributed by atoms with Crippen molar-refractivity contribution in [1.29, 1.82) is 0 Å². The van der Waals surface area contributed by atoms with Crippen LogP contribution in [0.3, 0.4) is 0 Å². The van der Waals surface area contributed by atoms with Crippen LogP contribution in [-0.4, -0.2) is 27.9 Å². The van der Waals surface area contributed by atoms with Crippen LogP contribution in [0, 0.1) is 0 Å². The Morgan fingerprint density at radius 2 is 2.19 bits per heavy atom. The lowest BCUT2D eigenvalue weighted by Crippen LogP contribution is -2.21. The molecule has 0 bridgehead atoms. The number of nitrogens with zero attached hydrogens (tertiary/aromatic N) is 2. The van der Waals surface area contributed by atoms with Gasteiger partial charge in [-0.1, -0.05) is 19.1 Å². The maximum Gasteiger partial charge on any atom is 0.141 e. The highest BCUT2D eigenvalue weighted by Gasteiger charge is 2.20.